The van der Waals surface area contributed by atoms with E-state index >= 15 is 0 Å². The molecule has 1 aromatic rings. The summed E-state index contributed by atoms with van der Waals surface area (Å²) in [5.41, 5.74) is -4.25. The molecular formula is C9H2ClF3N2O3. The van der Waals surface area contributed by atoms with Crippen LogP contribution < -0.4 is 0 Å². The molecule has 0 bridgehead atoms. The van der Waals surface area contributed by atoms with Crippen molar-refractivity contribution in [2.75, 3.05) is 0 Å². The average Bonchev–Trinajstić information content (AvgIpc) is 2.25. The van der Waals surface area contributed by atoms with Crippen LogP contribution >= 0.6 is 11.6 Å². The Hall–Kier alpha value is -2.14. The Balaban J connectivity index is 3.70. The lowest BCUT2D eigenvalue weighted by Crippen LogP contribution is -2.12. The van der Waals surface area contributed by atoms with E-state index in [-0.39, 0.29) is 6.07 Å². The fourth-order valence-electron chi connectivity index (χ4n) is 1.23. The lowest BCUT2D eigenvalue weighted by molar-refractivity contribution is -0.385. The van der Waals surface area contributed by atoms with Gasteiger partial charge in [-0.05, 0) is 17.7 Å². The van der Waals surface area contributed by atoms with Crippen molar-refractivity contribution in [3.8, 4) is 6.07 Å². The quantitative estimate of drug-likeness (QED) is 0.473. The number of benzene rings is 1. The molecule has 0 aliphatic carbocycles. The summed E-state index contributed by atoms with van der Waals surface area (Å²) in [5.74, 6) is 0. The predicted octanol–water partition coefficient (Wildman–Crippen LogP) is 2.86. The highest BCUT2D eigenvalue weighted by molar-refractivity contribution is 6.68. The zero-order chi connectivity index (χ0) is 14.1. The van der Waals surface area contributed by atoms with Gasteiger partial charge in [0.15, 0.2) is 0 Å². The van der Waals surface area contributed by atoms with Gasteiger partial charge in [-0.3, -0.25) is 14.9 Å². The Kier molecular flexibility index (Phi) is 3.57. The summed E-state index contributed by atoms with van der Waals surface area (Å²) in [6.07, 6.45) is -4.94. The number of carbonyl (C=O) groups excluding carboxylic acids is 1. The smallest absolute Gasteiger partial charge is 0.276 e. The van der Waals surface area contributed by atoms with E-state index in [2.05, 4.69) is 0 Å². The first-order valence-corrected chi connectivity index (χ1v) is 4.56. The minimum absolute atomic E-state index is 0.230. The molecule has 1 rings (SSSR count). The number of nitrogens with zero attached hydrogens (tertiary/aromatic N) is 2. The Morgan fingerprint density at radius 1 is 1.44 bits per heavy atom. The van der Waals surface area contributed by atoms with Gasteiger partial charge >= 0.3 is 6.18 Å². The van der Waals surface area contributed by atoms with Crippen molar-refractivity contribution in [1.29, 1.82) is 5.26 Å². The zero-order valence-electron chi connectivity index (χ0n) is 8.29. The summed E-state index contributed by atoms with van der Waals surface area (Å²) < 4.78 is 37.7. The van der Waals surface area contributed by atoms with Crippen molar-refractivity contribution in [2.45, 2.75) is 6.18 Å². The number of hydrogen-bond acceptors (Lipinski definition) is 4. The second-order valence-corrected chi connectivity index (χ2v) is 3.40. The van der Waals surface area contributed by atoms with E-state index in [1.54, 1.807) is 0 Å². The summed E-state index contributed by atoms with van der Waals surface area (Å²) in [6.45, 7) is 0. The van der Waals surface area contributed by atoms with E-state index in [0.717, 1.165) is 0 Å². The van der Waals surface area contributed by atoms with Crippen LogP contribution in [0.2, 0.25) is 0 Å². The van der Waals surface area contributed by atoms with E-state index in [0.29, 0.717) is 6.07 Å². The third-order valence-corrected chi connectivity index (χ3v) is 2.17. The summed E-state index contributed by atoms with van der Waals surface area (Å²) >= 11 is 4.94. The van der Waals surface area contributed by atoms with Crippen molar-refractivity contribution in [3.05, 3.63) is 38.9 Å². The van der Waals surface area contributed by atoms with Crippen LogP contribution in [-0.4, -0.2) is 10.2 Å². The topological polar surface area (TPSA) is 84.0 Å². The van der Waals surface area contributed by atoms with Crippen LogP contribution in [0.3, 0.4) is 0 Å². The third kappa shape index (κ3) is 2.57. The van der Waals surface area contributed by atoms with Crippen molar-refractivity contribution in [1.82, 2.24) is 0 Å². The van der Waals surface area contributed by atoms with Crippen LogP contribution in [0.15, 0.2) is 12.1 Å². The number of nitriles is 1. The van der Waals surface area contributed by atoms with Gasteiger partial charge in [-0.15, -0.1) is 0 Å². The summed E-state index contributed by atoms with van der Waals surface area (Å²) in [7, 11) is 0. The number of nitro groups is 1. The zero-order valence-corrected chi connectivity index (χ0v) is 9.04. The molecular weight excluding hydrogens is 277 g/mol. The number of alkyl halides is 3. The average molecular weight is 279 g/mol. The van der Waals surface area contributed by atoms with Crippen molar-refractivity contribution in [3.63, 3.8) is 0 Å². The van der Waals surface area contributed by atoms with Gasteiger partial charge in [0.05, 0.1) is 16.1 Å². The van der Waals surface area contributed by atoms with Crippen LogP contribution in [0.4, 0.5) is 18.9 Å². The molecule has 0 spiro atoms. The number of halogens is 4. The predicted molar refractivity (Wildman–Crippen MR) is 53.0 cm³/mol. The molecule has 0 fully saturated rings. The van der Waals surface area contributed by atoms with E-state index in [4.69, 9.17) is 16.9 Å². The summed E-state index contributed by atoms with van der Waals surface area (Å²) in [6, 6.07) is 1.83. The minimum atomic E-state index is -4.94. The summed E-state index contributed by atoms with van der Waals surface area (Å²) in [5, 5.41) is 17.6. The molecule has 0 aliphatic heterocycles. The van der Waals surface area contributed by atoms with Crippen LogP contribution in [0.5, 0.6) is 0 Å². The third-order valence-electron chi connectivity index (χ3n) is 1.97. The van der Waals surface area contributed by atoms with Gasteiger partial charge in [-0.2, -0.15) is 18.4 Å². The molecule has 18 heavy (non-hydrogen) atoms. The maximum absolute atomic E-state index is 12.6. The molecule has 0 saturated heterocycles. The molecule has 0 unspecified atom stereocenters. The molecule has 0 saturated carbocycles. The maximum atomic E-state index is 12.6. The van der Waals surface area contributed by atoms with Crippen LogP contribution in [-0.2, 0) is 6.18 Å². The Bertz CT molecular complexity index is 578. The highest BCUT2D eigenvalue weighted by atomic mass is 35.5. The lowest BCUT2D eigenvalue weighted by atomic mass is 10.0. The second-order valence-electron chi connectivity index (χ2n) is 3.06. The van der Waals surface area contributed by atoms with Crippen LogP contribution in [0.1, 0.15) is 21.5 Å². The second kappa shape index (κ2) is 4.62. The highest BCUT2D eigenvalue weighted by Gasteiger charge is 2.37. The lowest BCUT2D eigenvalue weighted by Gasteiger charge is -2.10. The first kappa shape index (κ1) is 13.9. The van der Waals surface area contributed by atoms with Gasteiger partial charge in [-0.1, -0.05) is 0 Å². The maximum Gasteiger partial charge on any atom is 0.417 e. The van der Waals surface area contributed by atoms with Crippen molar-refractivity contribution < 1.29 is 22.9 Å². The van der Waals surface area contributed by atoms with Gasteiger partial charge in [-0.25, -0.2) is 0 Å². The van der Waals surface area contributed by atoms with Gasteiger partial charge < -0.3 is 0 Å². The van der Waals surface area contributed by atoms with Crippen LogP contribution in [0.25, 0.3) is 0 Å². The van der Waals surface area contributed by atoms with E-state index < -0.39 is 38.7 Å². The molecule has 0 atom stereocenters. The number of rotatable bonds is 2. The van der Waals surface area contributed by atoms with Gasteiger partial charge in [0.2, 0.25) is 0 Å². The van der Waals surface area contributed by atoms with Crippen molar-refractivity contribution in [2.24, 2.45) is 0 Å². The standard InChI is InChI=1S/C9H2ClF3N2O3/c10-8(16)5-2-7(15(17)18)4(3-14)1-6(5)9(11,12)13/h1-2H. The molecule has 0 aliphatic rings. The highest BCUT2D eigenvalue weighted by Crippen LogP contribution is 2.36. The molecule has 1 aromatic carbocycles. The number of hydrogen-bond donors (Lipinski definition) is 0. The van der Waals surface area contributed by atoms with Gasteiger partial charge in [0.1, 0.15) is 11.6 Å². The normalized spacial score (nSPS) is 10.8. The van der Waals surface area contributed by atoms with E-state index in [1.807, 2.05) is 0 Å². The molecule has 0 heterocycles. The first-order chi connectivity index (χ1) is 8.18. The fourth-order valence-corrected chi connectivity index (χ4v) is 1.38. The fraction of sp³-hybridized carbons (Fsp3) is 0.111. The Morgan fingerprint density at radius 3 is 2.33 bits per heavy atom. The molecule has 94 valence electrons. The first-order valence-electron chi connectivity index (χ1n) is 4.18. The minimum Gasteiger partial charge on any atom is -0.276 e. The van der Waals surface area contributed by atoms with E-state index in [1.165, 1.54) is 6.07 Å². The summed E-state index contributed by atoms with van der Waals surface area (Å²) in [4.78, 5) is 20.3. The monoisotopic (exact) mass is 278 g/mol. The van der Waals surface area contributed by atoms with Gasteiger partial charge in [0, 0.05) is 6.07 Å². The van der Waals surface area contributed by atoms with Crippen LogP contribution in [0, 0.1) is 21.4 Å². The SMILES string of the molecule is N#Cc1cc(C(F)(F)F)c(C(=O)Cl)cc1[N+](=O)[O-]. The molecule has 9 heteroatoms. The number of carbonyl (C=O) groups is 1. The molecule has 0 amide bonds. The molecule has 0 aromatic heterocycles. The van der Waals surface area contributed by atoms with Gasteiger partial charge in [0.25, 0.3) is 10.9 Å². The Labute approximate surface area is 103 Å². The molecule has 5 nitrogen and oxygen atoms in total. The number of nitro benzene ring substituents is 1. The molecule has 0 radical (unpaired) electrons. The largest absolute Gasteiger partial charge is 0.417 e. The van der Waals surface area contributed by atoms with E-state index in [9.17, 15) is 28.1 Å². The molecule has 0 N–H and O–H groups in total. The Morgan fingerprint density at radius 2 is 2.00 bits per heavy atom. The van der Waals surface area contributed by atoms with Crippen molar-refractivity contribution >= 4 is 22.5 Å².